The highest BCUT2D eigenvalue weighted by molar-refractivity contribution is 5.99. The van der Waals surface area contributed by atoms with Gasteiger partial charge in [-0.05, 0) is 42.8 Å². The lowest BCUT2D eigenvalue weighted by atomic mass is 10.2. The minimum atomic E-state index is -0.411. The van der Waals surface area contributed by atoms with Gasteiger partial charge < -0.3 is 10.1 Å². The van der Waals surface area contributed by atoms with Gasteiger partial charge >= 0.3 is 6.03 Å². The second-order valence-electron chi connectivity index (χ2n) is 5.43. The summed E-state index contributed by atoms with van der Waals surface area (Å²) in [6.07, 6.45) is 0. The Labute approximate surface area is 149 Å². The van der Waals surface area contributed by atoms with Crippen LogP contribution in [0.25, 0.3) is 10.9 Å². The first kappa shape index (κ1) is 17.3. The van der Waals surface area contributed by atoms with Crippen molar-refractivity contribution >= 4 is 22.8 Å². The van der Waals surface area contributed by atoms with Crippen LogP contribution in [-0.4, -0.2) is 22.8 Å². The zero-order valence-electron chi connectivity index (χ0n) is 14.1. The molecule has 0 atom stereocenters. The topological polar surface area (TPSA) is 79.0 Å². The van der Waals surface area contributed by atoms with Crippen LogP contribution in [0.2, 0.25) is 0 Å². The summed E-state index contributed by atoms with van der Waals surface area (Å²) in [5.74, 6) is 6.29. The van der Waals surface area contributed by atoms with E-state index in [-0.39, 0.29) is 12.4 Å². The van der Waals surface area contributed by atoms with Crippen molar-refractivity contribution in [2.24, 2.45) is 0 Å². The largest absolute Gasteiger partial charge is 0.481 e. The van der Waals surface area contributed by atoms with Crippen LogP contribution >= 0.6 is 0 Å². The molecule has 0 unspecified atom stereocenters. The van der Waals surface area contributed by atoms with Crippen LogP contribution in [0.5, 0.6) is 5.75 Å². The van der Waals surface area contributed by atoms with E-state index >= 15 is 0 Å². The minimum Gasteiger partial charge on any atom is -0.481 e. The summed E-state index contributed by atoms with van der Waals surface area (Å²) < 4.78 is 18.4. The van der Waals surface area contributed by atoms with Gasteiger partial charge in [0, 0.05) is 11.9 Å². The number of aromatic nitrogens is 2. The summed E-state index contributed by atoms with van der Waals surface area (Å²) in [5, 5.41) is 13.1. The third kappa shape index (κ3) is 4.30. The number of hydrogen-bond acceptors (Lipinski definition) is 3. The van der Waals surface area contributed by atoms with E-state index in [0.29, 0.717) is 18.2 Å². The second-order valence-corrected chi connectivity index (χ2v) is 5.43. The molecule has 0 spiro atoms. The first-order chi connectivity index (χ1) is 12.7. The molecule has 1 heterocycles. The Morgan fingerprint density at radius 3 is 2.85 bits per heavy atom. The number of carbonyl (C=O) groups excluding carboxylic acids is 1. The Bertz CT molecular complexity index is 971. The van der Waals surface area contributed by atoms with Crippen molar-refractivity contribution in [3.63, 3.8) is 0 Å². The van der Waals surface area contributed by atoms with Crippen LogP contribution in [0.3, 0.4) is 0 Å². The maximum absolute atomic E-state index is 12.9. The van der Waals surface area contributed by atoms with Crippen LogP contribution in [0.1, 0.15) is 12.5 Å². The summed E-state index contributed by atoms with van der Waals surface area (Å²) in [6, 6.07) is 10.9. The summed E-state index contributed by atoms with van der Waals surface area (Å²) in [5.41, 5.74) is 1.56. The number of carbonyl (C=O) groups is 1. The lowest BCUT2D eigenvalue weighted by Crippen LogP contribution is -2.28. The lowest BCUT2D eigenvalue weighted by molar-refractivity contribution is 0.251. The van der Waals surface area contributed by atoms with Crippen LogP contribution < -0.4 is 15.4 Å². The van der Waals surface area contributed by atoms with Gasteiger partial charge in [0.25, 0.3) is 0 Å². The first-order valence-electron chi connectivity index (χ1n) is 7.95. The van der Waals surface area contributed by atoms with Gasteiger partial charge in [0.2, 0.25) is 0 Å². The number of nitrogens with zero attached hydrogens (tertiary/aromatic N) is 1. The SMILES string of the molecule is CC#CCOc1ccc2[nH]nc(NC(=O)NCc3ccc(F)cc3)c2c1. The number of benzene rings is 2. The standard InChI is InChI=1S/C19H17FN4O2/c1-2-3-10-26-15-8-9-17-16(11-15)18(24-23-17)22-19(25)21-12-13-4-6-14(20)7-5-13/h4-9,11H,10,12H2,1H3,(H3,21,22,23,24,25). The smallest absolute Gasteiger partial charge is 0.320 e. The highest BCUT2D eigenvalue weighted by atomic mass is 19.1. The van der Waals surface area contributed by atoms with E-state index in [0.717, 1.165) is 16.5 Å². The number of H-pyrrole nitrogens is 1. The number of nitrogens with one attached hydrogen (secondary N) is 3. The predicted octanol–water partition coefficient (Wildman–Crippen LogP) is 3.43. The second kappa shape index (κ2) is 8.03. The Balaban J connectivity index is 1.65. The van der Waals surface area contributed by atoms with Gasteiger partial charge in [0.05, 0.1) is 5.52 Å². The van der Waals surface area contributed by atoms with Crippen molar-refractivity contribution < 1.29 is 13.9 Å². The molecule has 0 aliphatic rings. The quantitative estimate of drug-likeness (QED) is 0.616. The Kier molecular flexibility index (Phi) is 5.34. The van der Waals surface area contributed by atoms with Crippen molar-refractivity contribution in [3.05, 3.63) is 53.8 Å². The number of ether oxygens (including phenoxy) is 1. The molecule has 0 radical (unpaired) electrons. The number of aromatic amines is 1. The van der Waals surface area contributed by atoms with E-state index in [1.165, 1.54) is 12.1 Å². The van der Waals surface area contributed by atoms with E-state index < -0.39 is 6.03 Å². The molecule has 3 rings (SSSR count). The predicted molar refractivity (Wildman–Crippen MR) is 97.3 cm³/mol. The molecule has 3 N–H and O–H groups in total. The van der Waals surface area contributed by atoms with Gasteiger partial charge in [-0.3, -0.25) is 10.4 Å². The molecule has 0 bridgehead atoms. The third-order valence-corrected chi connectivity index (χ3v) is 3.62. The molecular weight excluding hydrogens is 335 g/mol. The molecule has 132 valence electrons. The number of urea groups is 1. The van der Waals surface area contributed by atoms with Crippen LogP contribution in [0.15, 0.2) is 42.5 Å². The lowest BCUT2D eigenvalue weighted by Gasteiger charge is -2.07. The van der Waals surface area contributed by atoms with Crippen molar-refractivity contribution in [2.75, 3.05) is 11.9 Å². The average molecular weight is 352 g/mol. The highest BCUT2D eigenvalue weighted by Gasteiger charge is 2.10. The van der Waals surface area contributed by atoms with Crippen LogP contribution in [0, 0.1) is 17.7 Å². The maximum Gasteiger partial charge on any atom is 0.320 e. The van der Waals surface area contributed by atoms with Crippen LogP contribution in [-0.2, 0) is 6.54 Å². The average Bonchev–Trinajstić information content (AvgIpc) is 3.04. The van der Waals surface area contributed by atoms with Gasteiger partial charge in [-0.15, -0.1) is 5.92 Å². The number of halogens is 1. The molecule has 1 aromatic heterocycles. The summed E-state index contributed by atoms with van der Waals surface area (Å²) in [4.78, 5) is 12.1. The van der Waals surface area contributed by atoms with Gasteiger partial charge in [-0.25, -0.2) is 9.18 Å². The third-order valence-electron chi connectivity index (χ3n) is 3.62. The molecule has 3 aromatic rings. The zero-order valence-corrected chi connectivity index (χ0v) is 14.1. The van der Waals surface area contributed by atoms with Gasteiger partial charge in [0.15, 0.2) is 5.82 Å². The number of amides is 2. The van der Waals surface area contributed by atoms with Crippen LogP contribution in [0.4, 0.5) is 15.0 Å². The molecular formula is C19H17FN4O2. The van der Waals surface area contributed by atoms with E-state index in [9.17, 15) is 9.18 Å². The van der Waals surface area contributed by atoms with Gasteiger partial charge in [0.1, 0.15) is 18.2 Å². The normalized spacial score (nSPS) is 10.1. The number of rotatable bonds is 5. The Morgan fingerprint density at radius 1 is 1.27 bits per heavy atom. The molecule has 6 nitrogen and oxygen atoms in total. The summed E-state index contributed by atoms with van der Waals surface area (Å²) in [6.45, 7) is 2.31. The van der Waals surface area contributed by atoms with E-state index in [2.05, 4.69) is 32.7 Å². The Hall–Kier alpha value is -3.53. The molecule has 0 aliphatic carbocycles. The Morgan fingerprint density at radius 2 is 2.08 bits per heavy atom. The number of hydrogen-bond donors (Lipinski definition) is 3. The molecule has 2 amide bonds. The fraction of sp³-hybridized carbons (Fsp3) is 0.158. The number of fused-ring (bicyclic) bond motifs is 1. The van der Waals surface area contributed by atoms with E-state index in [1.807, 2.05) is 6.07 Å². The minimum absolute atomic E-state index is 0.276. The fourth-order valence-electron chi connectivity index (χ4n) is 2.31. The molecule has 26 heavy (non-hydrogen) atoms. The molecule has 0 saturated heterocycles. The van der Waals surface area contributed by atoms with Crippen molar-refractivity contribution in [3.8, 4) is 17.6 Å². The van der Waals surface area contributed by atoms with Gasteiger partial charge in [-0.2, -0.15) is 5.10 Å². The van der Waals surface area contributed by atoms with Crippen molar-refractivity contribution in [2.45, 2.75) is 13.5 Å². The number of anilines is 1. The van der Waals surface area contributed by atoms with E-state index in [1.54, 1.807) is 31.2 Å². The molecule has 0 saturated carbocycles. The van der Waals surface area contributed by atoms with E-state index in [4.69, 9.17) is 4.74 Å². The summed E-state index contributed by atoms with van der Waals surface area (Å²) in [7, 11) is 0. The highest BCUT2D eigenvalue weighted by Crippen LogP contribution is 2.25. The van der Waals surface area contributed by atoms with Gasteiger partial charge in [-0.1, -0.05) is 18.1 Å². The maximum atomic E-state index is 12.9. The summed E-state index contributed by atoms with van der Waals surface area (Å²) >= 11 is 0. The van der Waals surface area contributed by atoms with Crippen molar-refractivity contribution in [1.29, 1.82) is 0 Å². The molecule has 0 aliphatic heterocycles. The molecule has 0 fully saturated rings. The molecule has 7 heteroatoms. The molecule has 2 aromatic carbocycles. The first-order valence-corrected chi connectivity index (χ1v) is 7.95. The fourth-order valence-corrected chi connectivity index (χ4v) is 2.31. The monoisotopic (exact) mass is 352 g/mol. The zero-order chi connectivity index (χ0) is 18.4. The van der Waals surface area contributed by atoms with Crippen molar-refractivity contribution in [1.82, 2.24) is 15.5 Å².